The van der Waals surface area contributed by atoms with Gasteiger partial charge in [-0.25, -0.2) is 9.97 Å². The van der Waals surface area contributed by atoms with Crippen molar-refractivity contribution in [1.82, 2.24) is 19.7 Å². The van der Waals surface area contributed by atoms with E-state index in [0.717, 1.165) is 22.1 Å². The van der Waals surface area contributed by atoms with Crippen LogP contribution in [0.2, 0.25) is 0 Å². The molecule has 6 nitrogen and oxygen atoms in total. The van der Waals surface area contributed by atoms with Gasteiger partial charge in [0.1, 0.15) is 0 Å². The summed E-state index contributed by atoms with van der Waals surface area (Å²) in [5, 5.41) is 5.46. The third-order valence-corrected chi connectivity index (χ3v) is 5.09. The van der Waals surface area contributed by atoms with Crippen LogP contribution in [0, 0.1) is 6.92 Å². The second-order valence-electron chi connectivity index (χ2n) is 7.46. The molecule has 0 atom stereocenters. The summed E-state index contributed by atoms with van der Waals surface area (Å²) in [7, 11) is -0.406. The average Bonchev–Trinajstić information content (AvgIpc) is 3.14. The monoisotopic (exact) mass is 366 g/mol. The summed E-state index contributed by atoms with van der Waals surface area (Å²) < 4.78 is 14.1. The molecule has 2 aromatic heterocycles. The maximum absolute atomic E-state index is 6.16. The smallest absolute Gasteiger partial charge is 0.399 e. The van der Waals surface area contributed by atoms with E-state index < -0.39 is 7.12 Å². The Morgan fingerprint density at radius 2 is 1.67 bits per heavy atom. The van der Waals surface area contributed by atoms with Gasteiger partial charge in [-0.3, -0.25) is 0 Å². The lowest BCUT2D eigenvalue weighted by Crippen LogP contribution is -2.41. The first-order valence-corrected chi connectivity index (χ1v) is 9.40. The second-order valence-corrected chi connectivity index (χ2v) is 7.46. The fourth-order valence-electron chi connectivity index (χ4n) is 2.86. The Bertz CT molecular complexity index is 936. The number of hydrogen-bond donors (Lipinski definition) is 0. The highest BCUT2D eigenvalue weighted by Gasteiger charge is 2.51. The molecule has 1 saturated heterocycles. The van der Waals surface area contributed by atoms with Gasteiger partial charge in [0.05, 0.1) is 22.9 Å². The molecular weight excluding hydrogens is 339 g/mol. The molecule has 1 aliphatic heterocycles. The topological polar surface area (TPSA) is 62.1 Å². The van der Waals surface area contributed by atoms with Crippen LogP contribution in [0.1, 0.15) is 47.2 Å². The van der Waals surface area contributed by atoms with Crippen molar-refractivity contribution in [3.63, 3.8) is 0 Å². The minimum Gasteiger partial charge on any atom is -0.399 e. The maximum atomic E-state index is 6.16. The van der Waals surface area contributed by atoms with Gasteiger partial charge in [0.2, 0.25) is 0 Å². The van der Waals surface area contributed by atoms with Crippen molar-refractivity contribution in [2.75, 3.05) is 0 Å². The maximum Gasteiger partial charge on any atom is 0.494 e. The Labute approximate surface area is 161 Å². The van der Waals surface area contributed by atoms with Crippen LogP contribution < -0.4 is 5.46 Å². The first kappa shape index (κ1) is 19.5. The van der Waals surface area contributed by atoms with Crippen molar-refractivity contribution in [2.24, 2.45) is 0 Å². The lowest BCUT2D eigenvalue weighted by atomic mass is 9.79. The fourth-order valence-corrected chi connectivity index (χ4v) is 2.86. The van der Waals surface area contributed by atoms with E-state index in [1.807, 2.05) is 51.2 Å². The molecule has 3 heterocycles. The molecular formula is C20H27BN4O2. The lowest BCUT2D eigenvalue weighted by Gasteiger charge is -2.32. The molecule has 27 heavy (non-hydrogen) atoms. The van der Waals surface area contributed by atoms with Crippen LogP contribution in [0.15, 0.2) is 36.7 Å². The van der Waals surface area contributed by atoms with Crippen LogP contribution in [0.25, 0.3) is 16.9 Å². The van der Waals surface area contributed by atoms with Gasteiger partial charge in [-0.05, 0) is 52.2 Å². The number of nitrogens with zero attached hydrogens (tertiary/aromatic N) is 4. The van der Waals surface area contributed by atoms with Crippen LogP contribution in [-0.2, 0) is 9.31 Å². The summed E-state index contributed by atoms with van der Waals surface area (Å²) in [4.78, 5) is 8.80. The van der Waals surface area contributed by atoms with Crippen molar-refractivity contribution in [2.45, 2.75) is 59.7 Å². The van der Waals surface area contributed by atoms with Crippen LogP contribution in [0.4, 0.5) is 0 Å². The van der Waals surface area contributed by atoms with E-state index in [1.165, 1.54) is 0 Å². The Balaban J connectivity index is 0.00000102. The van der Waals surface area contributed by atoms with Gasteiger partial charge >= 0.3 is 7.12 Å². The molecule has 1 aromatic carbocycles. The average molecular weight is 366 g/mol. The third kappa shape index (κ3) is 3.49. The molecule has 0 aliphatic carbocycles. The third-order valence-electron chi connectivity index (χ3n) is 5.09. The largest absolute Gasteiger partial charge is 0.494 e. The molecule has 0 N–H and O–H groups in total. The van der Waals surface area contributed by atoms with E-state index in [0.29, 0.717) is 5.95 Å². The summed E-state index contributed by atoms with van der Waals surface area (Å²) in [6.07, 6.45) is 3.55. The normalized spacial score (nSPS) is 17.7. The van der Waals surface area contributed by atoms with Crippen LogP contribution in [0.5, 0.6) is 0 Å². The summed E-state index contributed by atoms with van der Waals surface area (Å²) in [6.45, 7) is 14.1. The van der Waals surface area contributed by atoms with Crippen LogP contribution in [-0.4, -0.2) is 38.1 Å². The van der Waals surface area contributed by atoms with E-state index in [4.69, 9.17) is 9.31 Å². The zero-order chi connectivity index (χ0) is 19.8. The molecule has 4 rings (SSSR count). The van der Waals surface area contributed by atoms with Crippen molar-refractivity contribution >= 4 is 23.5 Å². The highest BCUT2D eigenvalue weighted by atomic mass is 16.7. The molecule has 1 aliphatic rings. The number of aromatic nitrogens is 4. The molecule has 7 heteroatoms. The number of benzene rings is 1. The number of fused-ring (bicyclic) bond motifs is 1. The van der Waals surface area contributed by atoms with Crippen molar-refractivity contribution in [3.8, 4) is 5.95 Å². The summed E-state index contributed by atoms with van der Waals surface area (Å²) in [5.41, 5.74) is 2.05. The Morgan fingerprint density at radius 3 is 2.30 bits per heavy atom. The van der Waals surface area contributed by atoms with E-state index >= 15 is 0 Å². The van der Waals surface area contributed by atoms with Gasteiger partial charge in [0.25, 0.3) is 5.95 Å². The molecule has 0 radical (unpaired) electrons. The van der Waals surface area contributed by atoms with Crippen LogP contribution >= 0.6 is 0 Å². The molecule has 0 unspecified atom stereocenters. The number of rotatable bonds is 2. The highest BCUT2D eigenvalue weighted by molar-refractivity contribution is 6.62. The number of hydrogen-bond acceptors (Lipinski definition) is 5. The SMILES string of the molecule is CC.Cc1ccnc(-n2ncc3ccc(B4OC(C)(C)C(C)(C)O4)cc32)n1. The highest BCUT2D eigenvalue weighted by Crippen LogP contribution is 2.36. The first-order valence-electron chi connectivity index (χ1n) is 9.40. The van der Waals surface area contributed by atoms with E-state index in [2.05, 4.69) is 42.8 Å². The van der Waals surface area contributed by atoms with E-state index in [9.17, 15) is 0 Å². The second kappa shape index (κ2) is 7.05. The number of aryl methyl sites for hydroxylation is 1. The molecule has 1 fully saturated rings. The van der Waals surface area contributed by atoms with Gasteiger partial charge in [-0.1, -0.05) is 26.0 Å². The van der Waals surface area contributed by atoms with Crippen molar-refractivity contribution < 1.29 is 9.31 Å². The molecule has 0 spiro atoms. The Morgan fingerprint density at radius 1 is 1.00 bits per heavy atom. The molecule has 0 saturated carbocycles. The van der Waals surface area contributed by atoms with E-state index in [1.54, 1.807) is 10.9 Å². The van der Waals surface area contributed by atoms with Gasteiger partial charge < -0.3 is 9.31 Å². The van der Waals surface area contributed by atoms with Gasteiger partial charge in [-0.2, -0.15) is 9.78 Å². The Kier molecular flexibility index (Phi) is 5.10. The summed E-state index contributed by atoms with van der Waals surface area (Å²) in [5.74, 6) is 0.557. The first-order chi connectivity index (χ1) is 12.8. The Hall–Kier alpha value is -2.25. The zero-order valence-corrected chi connectivity index (χ0v) is 17.1. The minimum atomic E-state index is -0.406. The quantitative estimate of drug-likeness (QED) is 0.650. The fraction of sp³-hybridized carbons (Fsp3) is 0.450. The van der Waals surface area contributed by atoms with Crippen molar-refractivity contribution in [1.29, 1.82) is 0 Å². The standard InChI is InChI=1S/C18H21BN4O2.C2H6/c1-12-8-9-20-16(22-12)23-15-10-14(7-6-13(15)11-21-23)19-24-17(2,3)18(4,5)25-19;1-2/h6-11H,1-5H3;1-2H3. The minimum absolute atomic E-state index is 0.369. The molecule has 0 amide bonds. The molecule has 0 bridgehead atoms. The lowest BCUT2D eigenvalue weighted by molar-refractivity contribution is 0.00578. The molecule has 3 aromatic rings. The van der Waals surface area contributed by atoms with Gasteiger partial charge in [-0.15, -0.1) is 0 Å². The zero-order valence-electron chi connectivity index (χ0n) is 17.1. The summed E-state index contributed by atoms with van der Waals surface area (Å²) >= 11 is 0. The van der Waals surface area contributed by atoms with Gasteiger partial charge in [0.15, 0.2) is 0 Å². The van der Waals surface area contributed by atoms with E-state index in [-0.39, 0.29) is 11.2 Å². The molecule has 142 valence electrons. The predicted octanol–water partition coefficient (Wildman–Crippen LogP) is 3.45. The van der Waals surface area contributed by atoms with Crippen molar-refractivity contribution in [3.05, 3.63) is 42.4 Å². The predicted molar refractivity (Wildman–Crippen MR) is 108 cm³/mol. The summed E-state index contributed by atoms with van der Waals surface area (Å²) in [6, 6.07) is 7.95. The van der Waals surface area contributed by atoms with Gasteiger partial charge in [0, 0.05) is 17.3 Å². The van der Waals surface area contributed by atoms with Crippen LogP contribution in [0.3, 0.4) is 0 Å².